The van der Waals surface area contributed by atoms with Crippen molar-refractivity contribution >= 4 is 28.3 Å². The van der Waals surface area contributed by atoms with Crippen LogP contribution in [0, 0.1) is 0 Å². The molecule has 1 saturated heterocycles. The molecule has 0 atom stereocenters. The highest BCUT2D eigenvalue weighted by molar-refractivity contribution is 5.92. The Kier molecular flexibility index (Phi) is 5.37. The first-order chi connectivity index (χ1) is 14.2. The maximum Gasteiger partial charge on any atom is 0.321 e. The molecule has 1 fully saturated rings. The summed E-state index contributed by atoms with van der Waals surface area (Å²) in [6.07, 6.45) is 1.82. The molecular weight excluding hydrogens is 368 g/mol. The number of hydrogen-bond acceptors (Lipinski definition) is 5. The number of pyridine rings is 1. The summed E-state index contributed by atoms with van der Waals surface area (Å²) >= 11 is 0. The van der Waals surface area contributed by atoms with Gasteiger partial charge in [-0.25, -0.2) is 4.79 Å². The van der Waals surface area contributed by atoms with Crippen molar-refractivity contribution in [1.29, 1.82) is 0 Å². The normalized spacial score (nSPS) is 14.0. The average Bonchev–Trinajstić information content (AvgIpc) is 2.78. The number of methoxy groups -OCH3 is 2. The molecule has 4 rings (SSSR count). The molecule has 2 amide bonds. The third-order valence-corrected chi connectivity index (χ3v) is 5.15. The molecule has 0 unspecified atom stereocenters. The number of nitrogens with one attached hydrogen (secondary N) is 1. The van der Waals surface area contributed by atoms with Gasteiger partial charge in [0.25, 0.3) is 0 Å². The van der Waals surface area contributed by atoms with E-state index in [1.807, 2.05) is 17.2 Å². The second-order valence-electron chi connectivity index (χ2n) is 6.83. The third-order valence-electron chi connectivity index (χ3n) is 5.15. The molecule has 0 bridgehead atoms. The van der Waals surface area contributed by atoms with E-state index >= 15 is 0 Å². The molecule has 0 radical (unpaired) electrons. The standard InChI is InChI=1S/C22H24N4O3/c1-28-19-9-8-17(15-20(19)29-2)24-22(27)26-13-11-25(12-14-26)18-7-3-5-16-6-4-10-23-21(16)18/h3-10,15H,11-14H2,1-2H3,(H,24,27). The molecule has 29 heavy (non-hydrogen) atoms. The Balaban J connectivity index is 1.41. The number of aromatic nitrogens is 1. The van der Waals surface area contributed by atoms with Crippen molar-refractivity contribution in [1.82, 2.24) is 9.88 Å². The molecule has 7 heteroatoms. The van der Waals surface area contributed by atoms with E-state index in [-0.39, 0.29) is 6.03 Å². The first-order valence-electron chi connectivity index (χ1n) is 9.56. The van der Waals surface area contributed by atoms with Crippen LogP contribution in [0.1, 0.15) is 0 Å². The Morgan fingerprint density at radius 1 is 0.966 bits per heavy atom. The molecule has 1 aromatic heterocycles. The number of nitrogens with zero attached hydrogens (tertiary/aromatic N) is 3. The largest absolute Gasteiger partial charge is 0.493 e. The van der Waals surface area contributed by atoms with Gasteiger partial charge in [-0.1, -0.05) is 18.2 Å². The first-order valence-corrected chi connectivity index (χ1v) is 9.56. The van der Waals surface area contributed by atoms with Gasteiger partial charge >= 0.3 is 6.03 Å². The highest BCUT2D eigenvalue weighted by Gasteiger charge is 2.23. The lowest BCUT2D eigenvalue weighted by Gasteiger charge is -2.36. The van der Waals surface area contributed by atoms with Crippen LogP contribution in [0.2, 0.25) is 0 Å². The number of benzene rings is 2. The quantitative estimate of drug-likeness (QED) is 0.735. The lowest BCUT2D eigenvalue weighted by Crippen LogP contribution is -2.50. The van der Waals surface area contributed by atoms with Gasteiger partial charge in [0.1, 0.15) is 0 Å². The fourth-order valence-electron chi connectivity index (χ4n) is 3.61. The van der Waals surface area contributed by atoms with Crippen LogP contribution in [-0.4, -0.2) is 56.3 Å². The van der Waals surface area contributed by atoms with E-state index in [1.54, 1.807) is 32.4 Å². The maximum absolute atomic E-state index is 12.7. The van der Waals surface area contributed by atoms with E-state index in [4.69, 9.17) is 9.47 Å². The molecule has 0 aliphatic carbocycles. The van der Waals surface area contributed by atoms with Crippen LogP contribution in [0.15, 0.2) is 54.7 Å². The van der Waals surface area contributed by atoms with Crippen LogP contribution in [0.3, 0.4) is 0 Å². The number of piperazine rings is 1. The van der Waals surface area contributed by atoms with Gasteiger partial charge in [0.2, 0.25) is 0 Å². The van der Waals surface area contributed by atoms with Gasteiger partial charge in [-0.05, 0) is 24.3 Å². The zero-order chi connectivity index (χ0) is 20.2. The van der Waals surface area contributed by atoms with Gasteiger partial charge < -0.3 is 24.6 Å². The van der Waals surface area contributed by atoms with Gasteiger partial charge in [0, 0.05) is 49.5 Å². The van der Waals surface area contributed by atoms with Crippen LogP contribution in [0.5, 0.6) is 11.5 Å². The zero-order valence-electron chi connectivity index (χ0n) is 16.6. The van der Waals surface area contributed by atoms with Gasteiger partial charge in [-0.15, -0.1) is 0 Å². The molecule has 2 heterocycles. The molecule has 0 spiro atoms. The van der Waals surface area contributed by atoms with Crippen molar-refractivity contribution < 1.29 is 14.3 Å². The predicted octanol–water partition coefficient (Wildman–Crippen LogP) is 3.61. The molecule has 0 saturated carbocycles. The molecule has 1 aliphatic rings. The summed E-state index contributed by atoms with van der Waals surface area (Å²) < 4.78 is 10.5. The Hall–Kier alpha value is -3.48. The smallest absolute Gasteiger partial charge is 0.321 e. The SMILES string of the molecule is COc1ccc(NC(=O)N2CCN(c3cccc4cccnc34)CC2)cc1OC. The second-order valence-corrected chi connectivity index (χ2v) is 6.83. The van der Waals surface area contributed by atoms with E-state index in [9.17, 15) is 4.79 Å². The fraction of sp³-hybridized carbons (Fsp3) is 0.273. The number of urea groups is 1. The number of anilines is 2. The molecule has 2 aromatic carbocycles. The van der Waals surface area contributed by atoms with Gasteiger partial charge in [0.15, 0.2) is 11.5 Å². The predicted molar refractivity (Wildman–Crippen MR) is 114 cm³/mol. The summed E-state index contributed by atoms with van der Waals surface area (Å²) in [6, 6.07) is 15.4. The summed E-state index contributed by atoms with van der Waals surface area (Å²) in [6.45, 7) is 2.80. The Bertz CT molecular complexity index is 1010. The Morgan fingerprint density at radius 3 is 2.48 bits per heavy atom. The van der Waals surface area contributed by atoms with Gasteiger partial charge in [0.05, 0.1) is 25.4 Å². The minimum Gasteiger partial charge on any atom is -0.493 e. The van der Waals surface area contributed by atoms with Crippen molar-refractivity contribution in [3.63, 3.8) is 0 Å². The van der Waals surface area contributed by atoms with E-state index in [0.29, 0.717) is 30.3 Å². The molecular formula is C22H24N4O3. The minimum absolute atomic E-state index is 0.118. The van der Waals surface area contributed by atoms with E-state index in [1.165, 1.54) is 0 Å². The molecule has 1 N–H and O–H groups in total. The van der Waals surface area contributed by atoms with Crippen LogP contribution in [0.4, 0.5) is 16.2 Å². The highest BCUT2D eigenvalue weighted by Crippen LogP contribution is 2.30. The van der Waals surface area contributed by atoms with E-state index < -0.39 is 0 Å². The van der Waals surface area contributed by atoms with Crippen LogP contribution < -0.4 is 19.7 Å². The Labute approximate surface area is 169 Å². The van der Waals surface area contributed by atoms with Crippen LogP contribution in [-0.2, 0) is 0 Å². The number of amides is 2. The summed E-state index contributed by atoms with van der Waals surface area (Å²) in [5, 5.41) is 4.07. The zero-order valence-corrected chi connectivity index (χ0v) is 16.6. The van der Waals surface area contributed by atoms with E-state index in [0.717, 1.165) is 29.7 Å². The maximum atomic E-state index is 12.7. The Morgan fingerprint density at radius 2 is 1.72 bits per heavy atom. The number of carbonyl (C=O) groups excluding carboxylic acids is 1. The number of ether oxygens (including phenoxy) is 2. The minimum atomic E-state index is -0.118. The van der Waals surface area contributed by atoms with Crippen LogP contribution >= 0.6 is 0 Å². The number of para-hydroxylation sites is 1. The van der Waals surface area contributed by atoms with Gasteiger partial charge in [-0.2, -0.15) is 0 Å². The number of carbonyl (C=O) groups is 1. The molecule has 3 aromatic rings. The first kappa shape index (κ1) is 18.9. The van der Waals surface area contributed by atoms with Crippen molar-refractivity contribution in [2.75, 3.05) is 50.6 Å². The lowest BCUT2D eigenvalue weighted by molar-refractivity contribution is 0.208. The lowest BCUT2D eigenvalue weighted by atomic mass is 10.1. The van der Waals surface area contributed by atoms with Crippen molar-refractivity contribution in [3.8, 4) is 11.5 Å². The fourth-order valence-corrected chi connectivity index (χ4v) is 3.61. The average molecular weight is 392 g/mol. The van der Waals surface area contributed by atoms with Crippen molar-refractivity contribution in [3.05, 3.63) is 54.7 Å². The van der Waals surface area contributed by atoms with E-state index in [2.05, 4.69) is 39.5 Å². The van der Waals surface area contributed by atoms with Crippen molar-refractivity contribution in [2.24, 2.45) is 0 Å². The van der Waals surface area contributed by atoms with Crippen LogP contribution in [0.25, 0.3) is 10.9 Å². The summed E-state index contributed by atoms with van der Waals surface area (Å²) in [5.41, 5.74) is 2.79. The third kappa shape index (κ3) is 3.89. The van der Waals surface area contributed by atoms with Crippen molar-refractivity contribution in [2.45, 2.75) is 0 Å². The molecule has 1 aliphatic heterocycles. The summed E-state index contributed by atoms with van der Waals surface area (Å²) in [7, 11) is 3.16. The molecule has 7 nitrogen and oxygen atoms in total. The number of fused-ring (bicyclic) bond motifs is 1. The number of hydrogen-bond donors (Lipinski definition) is 1. The molecule has 150 valence electrons. The monoisotopic (exact) mass is 392 g/mol. The topological polar surface area (TPSA) is 66.9 Å². The summed E-state index contributed by atoms with van der Waals surface area (Å²) in [5.74, 6) is 1.21. The summed E-state index contributed by atoms with van der Waals surface area (Å²) in [4.78, 5) is 21.3. The highest BCUT2D eigenvalue weighted by atomic mass is 16.5. The van der Waals surface area contributed by atoms with Gasteiger partial charge in [-0.3, -0.25) is 4.98 Å². The number of rotatable bonds is 4. The second kappa shape index (κ2) is 8.26.